The highest BCUT2D eigenvalue weighted by atomic mass is 79.9. The van der Waals surface area contributed by atoms with Crippen molar-refractivity contribution in [2.75, 3.05) is 0 Å². The van der Waals surface area contributed by atoms with Crippen LogP contribution in [-0.2, 0) is 11.9 Å². The van der Waals surface area contributed by atoms with Gasteiger partial charge in [-0.15, -0.1) is 0 Å². The van der Waals surface area contributed by atoms with E-state index in [-0.39, 0.29) is 12.4 Å². The van der Waals surface area contributed by atoms with E-state index in [9.17, 15) is 18.9 Å². The van der Waals surface area contributed by atoms with Crippen LogP contribution in [0.25, 0.3) is 0 Å². The number of hydrogen-bond acceptors (Lipinski definition) is 3. The van der Waals surface area contributed by atoms with Crippen molar-refractivity contribution in [1.29, 1.82) is 0 Å². The number of para-hydroxylation sites is 1. The number of nitro benzene ring substituents is 1. The molecule has 0 aliphatic carbocycles. The maximum absolute atomic E-state index is 13.7. The Kier molecular flexibility index (Phi) is 4.85. The minimum absolute atomic E-state index is 0.0770. The molecule has 0 spiro atoms. The van der Waals surface area contributed by atoms with Crippen molar-refractivity contribution in [1.82, 2.24) is 0 Å². The van der Waals surface area contributed by atoms with Crippen molar-refractivity contribution in [3.63, 3.8) is 0 Å². The first kappa shape index (κ1) is 15.4. The largest absolute Gasteiger partial charge is 0.486 e. The van der Waals surface area contributed by atoms with E-state index in [1.54, 1.807) is 12.1 Å². The van der Waals surface area contributed by atoms with Gasteiger partial charge in [-0.3, -0.25) is 10.1 Å². The first-order chi connectivity index (χ1) is 10.0. The number of nitrogens with zero attached hydrogens (tertiary/aromatic N) is 1. The van der Waals surface area contributed by atoms with Crippen LogP contribution in [0.2, 0.25) is 0 Å². The zero-order chi connectivity index (χ0) is 15.4. The lowest BCUT2D eigenvalue weighted by Gasteiger charge is -2.11. The predicted molar refractivity (Wildman–Crippen MR) is 76.4 cm³/mol. The van der Waals surface area contributed by atoms with Crippen LogP contribution in [0.4, 0.5) is 14.5 Å². The van der Waals surface area contributed by atoms with Gasteiger partial charge >= 0.3 is 5.69 Å². The molecule has 0 bridgehead atoms. The molecule has 0 amide bonds. The van der Waals surface area contributed by atoms with Crippen LogP contribution in [0.1, 0.15) is 11.1 Å². The summed E-state index contributed by atoms with van der Waals surface area (Å²) >= 11 is 3.22. The molecule has 0 saturated carbocycles. The normalized spacial score (nSPS) is 10.4. The summed E-state index contributed by atoms with van der Waals surface area (Å²) in [7, 11) is 0. The molecule has 0 fully saturated rings. The molecule has 0 saturated heterocycles. The third-order valence-electron chi connectivity index (χ3n) is 2.78. The maximum atomic E-state index is 13.7. The van der Waals surface area contributed by atoms with E-state index < -0.39 is 22.2 Å². The maximum Gasteiger partial charge on any atom is 0.304 e. The van der Waals surface area contributed by atoms with Gasteiger partial charge in [0, 0.05) is 17.0 Å². The van der Waals surface area contributed by atoms with Crippen molar-refractivity contribution >= 4 is 21.6 Å². The van der Waals surface area contributed by atoms with Gasteiger partial charge in [0.2, 0.25) is 5.82 Å². The van der Waals surface area contributed by atoms with Crippen LogP contribution in [0.5, 0.6) is 5.75 Å². The molecule has 0 aromatic heterocycles. The van der Waals surface area contributed by atoms with Crippen molar-refractivity contribution < 1.29 is 18.4 Å². The first-order valence-corrected chi connectivity index (χ1v) is 7.04. The molecule has 21 heavy (non-hydrogen) atoms. The van der Waals surface area contributed by atoms with Gasteiger partial charge < -0.3 is 4.74 Å². The SMILES string of the molecule is O=[N+]([O-])c1ccc(COc2c(F)cccc2CBr)cc1F. The number of nitro groups is 1. The molecule has 0 atom stereocenters. The fourth-order valence-corrected chi connectivity index (χ4v) is 2.21. The molecule has 0 aliphatic heterocycles. The second-order valence-corrected chi connectivity index (χ2v) is 4.75. The van der Waals surface area contributed by atoms with E-state index in [1.165, 1.54) is 12.1 Å². The summed E-state index contributed by atoms with van der Waals surface area (Å²) in [6, 6.07) is 7.95. The van der Waals surface area contributed by atoms with E-state index >= 15 is 0 Å². The van der Waals surface area contributed by atoms with Crippen LogP contribution in [0.3, 0.4) is 0 Å². The summed E-state index contributed by atoms with van der Waals surface area (Å²) in [5.74, 6) is -1.39. The molecular formula is C14H10BrF2NO3. The molecule has 110 valence electrons. The number of benzene rings is 2. The number of ether oxygens (including phenoxy) is 1. The number of halogens is 3. The molecule has 0 unspecified atom stereocenters. The van der Waals surface area contributed by atoms with Gasteiger partial charge in [-0.05, 0) is 23.8 Å². The van der Waals surface area contributed by atoms with E-state index in [2.05, 4.69) is 15.9 Å². The second-order valence-electron chi connectivity index (χ2n) is 4.19. The Morgan fingerprint density at radius 3 is 2.57 bits per heavy atom. The first-order valence-electron chi connectivity index (χ1n) is 5.92. The monoisotopic (exact) mass is 357 g/mol. The average Bonchev–Trinajstić information content (AvgIpc) is 2.45. The lowest BCUT2D eigenvalue weighted by atomic mass is 10.2. The molecule has 2 rings (SSSR count). The smallest absolute Gasteiger partial charge is 0.304 e. The molecule has 4 nitrogen and oxygen atoms in total. The fraction of sp³-hybridized carbons (Fsp3) is 0.143. The van der Waals surface area contributed by atoms with E-state index in [4.69, 9.17) is 4.74 Å². The molecule has 2 aromatic carbocycles. The Labute approximate surface area is 127 Å². The topological polar surface area (TPSA) is 52.4 Å². The van der Waals surface area contributed by atoms with E-state index in [0.29, 0.717) is 16.5 Å². The summed E-state index contributed by atoms with van der Waals surface area (Å²) in [5.41, 5.74) is 0.394. The number of hydrogen-bond donors (Lipinski definition) is 0. The van der Waals surface area contributed by atoms with Gasteiger partial charge in [-0.1, -0.05) is 28.1 Å². The van der Waals surface area contributed by atoms with E-state index in [1.807, 2.05) is 0 Å². The van der Waals surface area contributed by atoms with Crippen LogP contribution in [-0.4, -0.2) is 4.92 Å². The van der Waals surface area contributed by atoms with E-state index in [0.717, 1.165) is 12.1 Å². The highest BCUT2D eigenvalue weighted by molar-refractivity contribution is 9.08. The Bertz CT molecular complexity index is 679. The molecule has 0 heterocycles. The Morgan fingerprint density at radius 1 is 1.19 bits per heavy atom. The molecule has 0 radical (unpaired) electrons. The lowest BCUT2D eigenvalue weighted by molar-refractivity contribution is -0.387. The van der Waals surface area contributed by atoms with Gasteiger partial charge in [0.25, 0.3) is 0 Å². The molecule has 2 aromatic rings. The van der Waals surface area contributed by atoms with Crippen molar-refractivity contribution in [3.8, 4) is 5.75 Å². The molecular weight excluding hydrogens is 348 g/mol. The van der Waals surface area contributed by atoms with Gasteiger partial charge in [0.15, 0.2) is 11.6 Å². The fourth-order valence-electron chi connectivity index (χ4n) is 1.76. The van der Waals surface area contributed by atoms with Crippen molar-refractivity contribution in [2.24, 2.45) is 0 Å². The van der Waals surface area contributed by atoms with Crippen LogP contribution >= 0.6 is 15.9 Å². The minimum atomic E-state index is -0.949. The van der Waals surface area contributed by atoms with Crippen molar-refractivity contribution in [2.45, 2.75) is 11.9 Å². The number of rotatable bonds is 5. The second kappa shape index (κ2) is 6.62. The average molecular weight is 358 g/mol. The highest BCUT2D eigenvalue weighted by Crippen LogP contribution is 2.26. The summed E-state index contributed by atoms with van der Waals surface area (Å²) < 4.78 is 32.5. The van der Waals surface area contributed by atoms with Crippen LogP contribution in [0.15, 0.2) is 36.4 Å². The van der Waals surface area contributed by atoms with Gasteiger partial charge in [-0.25, -0.2) is 4.39 Å². The van der Waals surface area contributed by atoms with Crippen LogP contribution in [0, 0.1) is 21.7 Å². The van der Waals surface area contributed by atoms with Crippen molar-refractivity contribution in [3.05, 3.63) is 69.3 Å². The number of alkyl halides is 1. The minimum Gasteiger partial charge on any atom is -0.486 e. The Hall–Kier alpha value is -2.02. The zero-order valence-electron chi connectivity index (χ0n) is 10.7. The summed E-state index contributed by atoms with van der Waals surface area (Å²) in [4.78, 5) is 9.71. The standard InChI is InChI=1S/C14H10BrF2NO3/c15-7-10-2-1-3-11(16)14(10)21-8-9-4-5-13(18(19)20)12(17)6-9/h1-6H,7-8H2. The summed E-state index contributed by atoms with van der Waals surface area (Å²) in [6.07, 6.45) is 0. The van der Waals surface area contributed by atoms with Gasteiger partial charge in [0.05, 0.1) is 4.92 Å². The van der Waals surface area contributed by atoms with Gasteiger partial charge in [0.1, 0.15) is 6.61 Å². The third-order valence-corrected chi connectivity index (χ3v) is 3.39. The lowest BCUT2D eigenvalue weighted by Crippen LogP contribution is -2.01. The summed E-state index contributed by atoms with van der Waals surface area (Å²) in [6.45, 7) is -0.0875. The van der Waals surface area contributed by atoms with Gasteiger partial charge in [-0.2, -0.15) is 4.39 Å². The molecule has 7 heteroatoms. The molecule has 0 aliphatic rings. The quantitative estimate of drug-likeness (QED) is 0.454. The Balaban J connectivity index is 2.17. The molecule has 0 N–H and O–H groups in total. The highest BCUT2D eigenvalue weighted by Gasteiger charge is 2.15. The summed E-state index contributed by atoms with van der Waals surface area (Å²) in [5, 5.41) is 10.9. The third kappa shape index (κ3) is 3.55. The zero-order valence-corrected chi connectivity index (χ0v) is 12.3. The predicted octanol–water partition coefficient (Wildman–Crippen LogP) is 4.35. The van der Waals surface area contributed by atoms with Crippen LogP contribution < -0.4 is 4.74 Å². The Morgan fingerprint density at radius 2 is 1.95 bits per heavy atom.